The van der Waals surface area contributed by atoms with Gasteiger partial charge in [0.05, 0.1) is 18.4 Å². The van der Waals surface area contributed by atoms with Crippen molar-refractivity contribution in [3.8, 4) is 0 Å². The summed E-state index contributed by atoms with van der Waals surface area (Å²) in [6.07, 6.45) is 3.74. The van der Waals surface area contributed by atoms with Crippen molar-refractivity contribution in [3.05, 3.63) is 65.6 Å². The first kappa shape index (κ1) is 15.7. The summed E-state index contributed by atoms with van der Waals surface area (Å²) in [5.74, 6) is 0. The van der Waals surface area contributed by atoms with E-state index in [0.29, 0.717) is 13.2 Å². The molecule has 25 heavy (non-hydrogen) atoms. The average molecular weight is 336 g/mol. The SMILES string of the molecule is Cc1ccc2ncc(CNCc3ccc(N4CCOC4=O)cc3)n2c1. The Bertz CT molecular complexity index is 901. The fourth-order valence-electron chi connectivity index (χ4n) is 3.02. The van der Waals surface area contributed by atoms with Crippen molar-refractivity contribution in [2.45, 2.75) is 20.0 Å². The topological polar surface area (TPSA) is 58.9 Å². The number of cyclic esters (lactones) is 1. The molecule has 0 spiro atoms. The number of pyridine rings is 1. The van der Waals surface area contributed by atoms with Crippen LogP contribution in [0.1, 0.15) is 16.8 Å². The van der Waals surface area contributed by atoms with Crippen molar-refractivity contribution in [3.63, 3.8) is 0 Å². The molecular formula is C19H20N4O2. The normalized spacial score (nSPS) is 14.3. The Kier molecular flexibility index (Phi) is 4.11. The third-order valence-corrected chi connectivity index (χ3v) is 4.37. The lowest BCUT2D eigenvalue weighted by molar-refractivity contribution is 0.181. The maximum Gasteiger partial charge on any atom is 0.414 e. The second-order valence-corrected chi connectivity index (χ2v) is 6.22. The van der Waals surface area contributed by atoms with Gasteiger partial charge in [-0.05, 0) is 36.2 Å². The second kappa shape index (κ2) is 6.57. The van der Waals surface area contributed by atoms with E-state index in [4.69, 9.17) is 4.74 Å². The van der Waals surface area contributed by atoms with Crippen LogP contribution in [0, 0.1) is 6.92 Å². The summed E-state index contributed by atoms with van der Waals surface area (Å²) >= 11 is 0. The molecule has 2 aromatic heterocycles. The molecule has 0 aliphatic carbocycles. The largest absolute Gasteiger partial charge is 0.447 e. The van der Waals surface area contributed by atoms with E-state index in [2.05, 4.69) is 33.9 Å². The van der Waals surface area contributed by atoms with Crippen molar-refractivity contribution in [2.24, 2.45) is 0 Å². The van der Waals surface area contributed by atoms with Crippen LogP contribution in [0.4, 0.5) is 10.5 Å². The van der Waals surface area contributed by atoms with E-state index in [-0.39, 0.29) is 6.09 Å². The molecule has 0 atom stereocenters. The van der Waals surface area contributed by atoms with Crippen LogP contribution in [0.5, 0.6) is 0 Å². The first-order chi connectivity index (χ1) is 12.2. The molecule has 1 aliphatic heterocycles. The van der Waals surface area contributed by atoms with E-state index in [0.717, 1.165) is 30.1 Å². The number of hydrogen-bond acceptors (Lipinski definition) is 4. The van der Waals surface area contributed by atoms with E-state index >= 15 is 0 Å². The fourth-order valence-corrected chi connectivity index (χ4v) is 3.02. The van der Waals surface area contributed by atoms with Gasteiger partial charge in [-0.2, -0.15) is 0 Å². The Morgan fingerprint density at radius 1 is 1.16 bits per heavy atom. The number of hydrogen-bond donors (Lipinski definition) is 1. The van der Waals surface area contributed by atoms with Gasteiger partial charge >= 0.3 is 6.09 Å². The molecule has 6 nitrogen and oxygen atoms in total. The zero-order chi connectivity index (χ0) is 17.2. The summed E-state index contributed by atoms with van der Waals surface area (Å²) in [5.41, 5.74) is 5.35. The molecule has 4 rings (SSSR count). The number of imidazole rings is 1. The number of rotatable bonds is 5. The highest BCUT2D eigenvalue weighted by Crippen LogP contribution is 2.19. The molecule has 0 radical (unpaired) electrons. The number of aryl methyl sites for hydroxylation is 1. The molecule has 128 valence electrons. The van der Waals surface area contributed by atoms with Crippen LogP contribution in [0.3, 0.4) is 0 Å². The molecule has 3 aromatic rings. The van der Waals surface area contributed by atoms with Gasteiger partial charge in [0.15, 0.2) is 0 Å². The third kappa shape index (κ3) is 3.21. The summed E-state index contributed by atoms with van der Waals surface area (Å²) in [4.78, 5) is 17.6. The van der Waals surface area contributed by atoms with Gasteiger partial charge in [-0.1, -0.05) is 18.2 Å². The summed E-state index contributed by atoms with van der Waals surface area (Å²) < 4.78 is 7.08. The number of carbonyl (C=O) groups excluding carboxylic acids is 1. The molecule has 1 aliphatic rings. The van der Waals surface area contributed by atoms with Gasteiger partial charge in [-0.15, -0.1) is 0 Å². The maximum absolute atomic E-state index is 11.6. The first-order valence-corrected chi connectivity index (χ1v) is 8.37. The molecule has 1 saturated heterocycles. The number of fused-ring (bicyclic) bond motifs is 1. The number of benzene rings is 1. The Labute approximate surface area is 146 Å². The number of nitrogens with one attached hydrogen (secondary N) is 1. The fraction of sp³-hybridized carbons (Fsp3) is 0.263. The third-order valence-electron chi connectivity index (χ3n) is 4.37. The predicted octanol–water partition coefficient (Wildman–Crippen LogP) is 2.89. The molecule has 1 fully saturated rings. The van der Waals surface area contributed by atoms with Crippen molar-refractivity contribution in [1.82, 2.24) is 14.7 Å². The van der Waals surface area contributed by atoms with E-state index in [1.807, 2.05) is 36.5 Å². The quantitative estimate of drug-likeness (QED) is 0.778. The van der Waals surface area contributed by atoms with E-state index in [1.54, 1.807) is 4.90 Å². The van der Waals surface area contributed by atoms with E-state index in [1.165, 1.54) is 11.1 Å². The van der Waals surface area contributed by atoms with E-state index in [9.17, 15) is 4.79 Å². The summed E-state index contributed by atoms with van der Waals surface area (Å²) in [5, 5.41) is 3.45. The van der Waals surface area contributed by atoms with Crippen molar-refractivity contribution in [1.29, 1.82) is 0 Å². The van der Waals surface area contributed by atoms with Gasteiger partial charge in [0.1, 0.15) is 12.3 Å². The monoisotopic (exact) mass is 336 g/mol. The summed E-state index contributed by atoms with van der Waals surface area (Å²) in [6.45, 7) is 4.65. The van der Waals surface area contributed by atoms with Crippen LogP contribution in [0.25, 0.3) is 5.65 Å². The number of ether oxygens (including phenoxy) is 1. The van der Waals surface area contributed by atoms with Gasteiger partial charge < -0.3 is 14.5 Å². The zero-order valence-corrected chi connectivity index (χ0v) is 14.1. The Morgan fingerprint density at radius 3 is 2.76 bits per heavy atom. The lowest BCUT2D eigenvalue weighted by atomic mass is 10.2. The molecule has 1 N–H and O–H groups in total. The van der Waals surface area contributed by atoms with Crippen LogP contribution >= 0.6 is 0 Å². The highest BCUT2D eigenvalue weighted by atomic mass is 16.6. The number of anilines is 1. The predicted molar refractivity (Wildman–Crippen MR) is 95.6 cm³/mol. The van der Waals surface area contributed by atoms with Crippen LogP contribution < -0.4 is 10.2 Å². The number of nitrogens with zero attached hydrogens (tertiary/aromatic N) is 3. The average Bonchev–Trinajstić information content (AvgIpc) is 3.22. The zero-order valence-electron chi connectivity index (χ0n) is 14.1. The van der Waals surface area contributed by atoms with Crippen molar-refractivity contribution >= 4 is 17.4 Å². The molecule has 1 amide bonds. The molecule has 0 bridgehead atoms. The standard InChI is InChI=1S/C19H20N4O2/c1-14-2-7-18-21-12-17(23(18)13-14)11-20-10-15-3-5-16(6-4-15)22-8-9-25-19(22)24/h2-7,12-13,20H,8-11H2,1H3. The van der Waals surface area contributed by atoms with Crippen LogP contribution in [0.15, 0.2) is 48.8 Å². The molecule has 1 aromatic carbocycles. The van der Waals surface area contributed by atoms with Gasteiger partial charge in [0.2, 0.25) is 0 Å². The smallest absolute Gasteiger partial charge is 0.414 e. The number of carbonyl (C=O) groups is 1. The Hall–Kier alpha value is -2.86. The molecule has 3 heterocycles. The number of amides is 1. The molecule has 6 heteroatoms. The second-order valence-electron chi connectivity index (χ2n) is 6.22. The van der Waals surface area contributed by atoms with Crippen molar-refractivity contribution in [2.75, 3.05) is 18.1 Å². The summed E-state index contributed by atoms with van der Waals surface area (Å²) in [7, 11) is 0. The minimum absolute atomic E-state index is 0.270. The van der Waals surface area contributed by atoms with E-state index < -0.39 is 0 Å². The van der Waals surface area contributed by atoms with Crippen LogP contribution in [-0.4, -0.2) is 28.6 Å². The van der Waals surface area contributed by atoms with Crippen molar-refractivity contribution < 1.29 is 9.53 Å². The van der Waals surface area contributed by atoms with Crippen LogP contribution in [-0.2, 0) is 17.8 Å². The summed E-state index contributed by atoms with van der Waals surface area (Å²) in [6, 6.07) is 12.1. The highest BCUT2D eigenvalue weighted by Gasteiger charge is 2.23. The molecular weight excluding hydrogens is 316 g/mol. The van der Waals surface area contributed by atoms with Crippen LogP contribution in [0.2, 0.25) is 0 Å². The molecule has 0 unspecified atom stereocenters. The lowest BCUT2D eigenvalue weighted by Gasteiger charge is -2.13. The maximum atomic E-state index is 11.6. The van der Waals surface area contributed by atoms with Gasteiger partial charge in [-0.25, -0.2) is 9.78 Å². The minimum Gasteiger partial charge on any atom is -0.447 e. The number of aromatic nitrogens is 2. The lowest BCUT2D eigenvalue weighted by Crippen LogP contribution is -2.23. The van der Waals surface area contributed by atoms with Gasteiger partial charge in [-0.3, -0.25) is 4.90 Å². The molecule has 0 saturated carbocycles. The first-order valence-electron chi connectivity index (χ1n) is 8.37. The van der Waals surface area contributed by atoms with Gasteiger partial charge in [0, 0.05) is 25.0 Å². The highest BCUT2D eigenvalue weighted by molar-refractivity contribution is 5.89. The Balaban J connectivity index is 1.38. The minimum atomic E-state index is -0.270. The van der Waals surface area contributed by atoms with Gasteiger partial charge in [0.25, 0.3) is 0 Å². The Morgan fingerprint density at radius 2 is 2.00 bits per heavy atom.